The number of sulfone groups is 1. The number of hydrogen-bond acceptors (Lipinski definition) is 6. The summed E-state index contributed by atoms with van der Waals surface area (Å²) in [6, 6.07) is 13.5. The van der Waals surface area contributed by atoms with Gasteiger partial charge in [-0.05, 0) is 54.7 Å². The number of carbonyl (C=O) groups is 1. The van der Waals surface area contributed by atoms with Crippen molar-refractivity contribution >= 4 is 27.3 Å². The molecular weight excluding hydrogens is 450 g/mol. The molecule has 1 heterocycles. The van der Waals surface area contributed by atoms with E-state index in [0.29, 0.717) is 45.7 Å². The van der Waals surface area contributed by atoms with E-state index in [4.69, 9.17) is 16.3 Å². The third-order valence-electron chi connectivity index (χ3n) is 5.13. The lowest BCUT2D eigenvalue weighted by molar-refractivity contribution is 0.0950. The molecule has 0 atom stereocenters. The van der Waals surface area contributed by atoms with Crippen molar-refractivity contribution in [1.29, 1.82) is 0 Å². The fraction of sp³-hybridized carbons (Fsp3) is 0.261. The summed E-state index contributed by atoms with van der Waals surface area (Å²) >= 11 is 6.35. The molecule has 1 aliphatic carbocycles. The van der Waals surface area contributed by atoms with E-state index in [0.717, 1.165) is 6.26 Å². The summed E-state index contributed by atoms with van der Waals surface area (Å²) in [5, 5.41) is 11.2. The van der Waals surface area contributed by atoms with Gasteiger partial charge in [0.05, 0.1) is 34.0 Å². The topological polar surface area (TPSA) is 98.2 Å². The summed E-state index contributed by atoms with van der Waals surface area (Å²) in [4.78, 5) is 12.9. The summed E-state index contributed by atoms with van der Waals surface area (Å²) in [5.74, 6) is 0.852. The highest BCUT2D eigenvalue weighted by Crippen LogP contribution is 2.33. The van der Waals surface area contributed by atoms with E-state index in [9.17, 15) is 13.2 Å². The number of hydrogen-bond donors (Lipinski definition) is 1. The number of halogens is 1. The Bertz CT molecular complexity index is 1260. The van der Waals surface area contributed by atoms with E-state index in [2.05, 4.69) is 15.5 Å². The lowest BCUT2D eigenvalue weighted by atomic mass is 10.1. The maximum absolute atomic E-state index is 12.7. The summed E-state index contributed by atoms with van der Waals surface area (Å²) in [6.45, 7) is 0.732. The van der Waals surface area contributed by atoms with Crippen molar-refractivity contribution in [3.8, 4) is 17.0 Å². The first-order valence-electron chi connectivity index (χ1n) is 10.1. The summed E-state index contributed by atoms with van der Waals surface area (Å²) in [7, 11) is -3.40. The van der Waals surface area contributed by atoms with Gasteiger partial charge in [0.1, 0.15) is 5.75 Å². The molecule has 1 saturated carbocycles. The molecule has 9 heteroatoms. The number of ether oxygens (including phenoxy) is 1. The van der Waals surface area contributed by atoms with Crippen molar-refractivity contribution in [3.05, 3.63) is 70.9 Å². The van der Waals surface area contributed by atoms with Crippen molar-refractivity contribution in [2.75, 3.05) is 12.9 Å². The molecule has 166 valence electrons. The molecule has 4 rings (SSSR count). The van der Waals surface area contributed by atoms with Crippen LogP contribution in [0.5, 0.6) is 5.75 Å². The third-order valence-corrected chi connectivity index (χ3v) is 6.62. The second kappa shape index (κ2) is 9.26. The lowest BCUT2D eigenvalue weighted by Gasteiger charge is -2.10. The van der Waals surface area contributed by atoms with E-state index in [1.54, 1.807) is 36.4 Å². The van der Waals surface area contributed by atoms with Crippen LogP contribution < -0.4 is 10.1 Å². The zero-order chi connectivity index (χ0) is 22.7. The smallest absolute Gasteiger partial charge is 0.253 e. The largest absolute Gasteiger partial charge is 0.492 e. The van der Waals surface area contributed by atoms with Gasteiger partial charge in [0.15, 0.2) is 9.84 Å². The maximum atomic E-state index is 12.7. The van der Waals surface area contributed by atoms with Crippen LogP contribution in [0, 0.1) is 5.92 Å². The standard InChI is InChI=1S/C23H22ClN3O4S/c1-32(29,30)22-5-3-2-4-17(22)12-25-23(28)18-11-20(27-26-13-18)16-8-9-21(19(24)10-16)31-14-15-6-7-15/h2-5,8-11,13,15H,6-7,12,14H2,1H3,(H,25,28). The first kappa shape index (κ1) is 22.2. The van der Waals surface area contributed by atoms with Crippen LogP contribution in [0.15, 0.2) is 59.6 Å². The van der Waals surface area contributed by atoms with Gasteiger partial charge >= 0.3 is 0 Å². The van der Waals surface area contributed by atoms with Gasteiger partial charge in [0.25, 0.3) is 5.91 Å². The van der Waals surface area contributed by atoms with Crippen molar-refractivity contribution < 1.29 is 17.9 Å². The number of benzene rings is 2. The Labute approximate surface area is 191 Å². The quantitative estimate of drug-likeness (QED) is 0.534. The van der Waals surface area contributed by atoms with Gasteiger partial charge in [-0.3, -0.25) is 4.79 Å². The average Bonchev–Trinajstić information content (AvgIpc) is 3.61. The van der Waals surface area contributed by atoms with Crippen LogP contribution in [-0.4, -0.2) is 37.4 Å². The lowest BCUT2D eigenvalue weighted by Crippen LogP contribution is -2.24. The Morgan fingerprint density at radius 2 is 1.97 bits per heavy atom. The first-order chi connectivity index (χ1) is 15.3. The van der Waals surface area contributed by atoms with Crippen LogP contribution in [0.4, 0.5) is 0 Å². The predicted molar refractivity (Wildman–Crippen MR) is 121 cm³/mol. The molecular formula is C23H22ClN3O4S. The number of rotatable bonds is 8. The molecule has 32 heavy (non-hydrogen) atoms. The Morgan fingerprint density at radius 3 is 2.69 bits per heavy atom. The molecule has 0 unspecified atom stereocenters. The average molecular weight is 472 g/mol. The highest BCUT2D eigenvalue weighted by atomic mass is 35.5. The number of amides is 1. The molecule has 1 amide bonds. The normalized spacial score (nSPS) is 13.6. The van der Waals surface area contributed by atoms with E-state index in [-0.39, 0.29) is 17.3 Å². The van der Waals surface area contributed by atoms with Gasteiger partial charge < -0.3 is 10.1 Å². The van der Waals surface area contributed by atoms with Crippen LogP contribution in [0.2, 0.25) is 5.02 Å². The minimum absolute atomic E-state index is 0.0680. The Kier molecular flexibility index (Phi) is 6.43. The second-order valence-corrected chi connectivity index (χ2v) is 10.2. The van der Waals surface area contributed by atoms with Crippen molar-refractivity contribution in [1.82, 2.24) is 15.5 Å². The number of nitrogens with zero attached hydrogens (tertiary/aromatic N) is 2. The minimum Gasteiger partial charge on any atom is -0.492 e. The van der Waals surface area contributed by atoms with Gasteiger partial charge in [0.2, 0.25) is 0 Å². The van der Waals surface area contributed by atoms with Crippen LogP contribution in [-0.2, 0) is 16.4 Å². The van der Waals surface area contributed by atoms with Crippen molar-refractivity contribution in [2.45, 2.75) is 24.3 Å². The Balaban J connectivity index is 1.47. The molecule has 1 fully saturated rings. The van der Waals surface area contributed by atoms with E-state index < -0.39 is 9.84 Å². The molecule has 1 N–H and O–H groups in total. The highest BCUT2D eigenvalue weighted by Gasteiger charge is 2.22. The Morgan fingerprint density at radius 1 is 1.19 bits per heavy atom. The van der Waals surface area contributed by atoms with Crippen LogP contribution in [0.25, 0.3) is 11.3 Å². The molecule has 7 nitrogen and oxygen atoms in total. The highest BCUT2D eigenvalue weighted by molar-refractivity contribution is 7.90. The number of nitrogens with one attached hydrogen (secondary N) is 1. The number of aromatic nitrogens is 2. The molecule has 0 bridgehead atoms. The van der Waals surface area contributed by atoms with Crippen molar-refractivity contribution in [2.24, 2.45) is 5.92 Å². The molecule has 0 aliphatic heterocycles. The maximum Gasteiger partial charge on any atom is 0.253 e. The van der Waals surface area contributed by atoms with E-state index in [1.165, 1.54) is 25.1 Å². The zero-order valence-corrected chi connectivity index (χ0v) is 19.0. The molecule has 1 aromatic heterocycles. The minimum atomic E-state index is -3.40. The molecule has 0 saturated heterocycles. The third kappa shape index (κ3) is 5.44. The van der Waals surface area contributed by atoms with Crippen LogP contribution >= 0.6 is 11.6 Å². The fourth-order valence-corrected chi connectivity index (χ4v) is 4.37. The van der Waals surface area contributed by atoms with E-state index >= 15 is 0 Å². The summed E-state index contributed by atoms with van der Waals surface area (Å²) < 4.78 is 29.6. The molecule has 0 radical (unpaired) electrons. The Hall–Kier alpha value is -2.97. The predicted octanol–water partition coefficient (Wildman–Crippen LogP) is 3.92. The molecule has 2 aromatic carbocycles. The van der Waals surface area contributed by atoms with Crippen LogP contribution in [0.1, 0.15) is 28.8 Å². The molecule has 0 spiro atoms. The first-order valence-corrected chi connectivity index (χ1v) is 12.4. The van der Waals surface area contributed by atoms with Gasteiger partial charge in [-0.15, -0.1) is 0 Å². The van der Waals surface area contributed by atoms with Crippen molar-refractivity contribution in [3.63, 3.8) is 0 Å². The van der Waals surface area contributed by atoms with Gasteiger partial charge in [-0.25, -0.2) is 8.42 Å². The number of carbonyl (C=O) groups excluding carboxylic acids is 1. The van der Waals surface area contributed by atoms with E-state index in [1.807, 2.05) is 6.07 Å². The molecule has 1 aliphatic rings. The zero-order valence-electron chi connectivity index (χ0n) is 17.4. The molecule has 3 aromatic rings. The van der Waals surface area contributed by atoms with Gasteiger partial charge in [0, 0.05) is 18.4 Å². The SMILES string of the molecule is CS(=O)(=O)c1ccccc1CNC(=O)c1cnnc(-c2ccc(OCC3CC3)c(Cl)c2)c1. The van der Waals surface area contributed by atoms with Gasteiger partial charge in [-0.2, -0.15) is 10.2 Å². The van der Waals surface area contributed by atoms with Crippen LogP contribution in [0.3, 0.4) is 0 Å². The monoisotopic (exact) mass is 471 g/mol. The summed E-state index contributed by atoms with van der Waals surface area (Å²) in [6.07, 6.45) is 4.89. The summed E-state index contributed by atoms with van der Waals surface area (Å²) in [5.41, 5.74) is 2.01. The second-order valence-electron chi connectivity index (χ2n) is 7.79. The fourth-order valence-electron chi connectivity index (χ4n) is 3.19. The van der Waals surface area contributed by atoms with Gasteiger partial charge in [-0.1, -0.05) is 29.8 Å².